The molecule has 0 unspecified atom stereocenters. The summed E-state index contributed by atoms with van der Waals surface area (Å²) in [7, 11) is 1.28. The van der Waals surface area contributed by atoms with E-state index in [2.05, 4.69) is 53.0 Å². The molecule has 0 atom stereocenters. The second-order valence-electron chi connectivity index (χ2n) is 7.77. The summed E-state index contributed by atoms with van der Waals surface area (Å²) in [5, 5.41) is 9.87. The van der Waals surface area contributed by atoms with Crippen molar-refractivity contribution in [1.29, 1.82) is 0 Å². The number of aromatic nitrogens is 2. The van der Waals surface area contributed by atoms with Gasteiger partial charge in [0.2, 0.25) is 0 Å². The summed E-state index contributed by atoms with van der Waals surface area (Å²) < 4.78 is 11.0. The highest BCUT2D eigenvalue weighted by Gasteiger charge is 2.22. The Morgan fingerprint density at radius 1 is 1.03 bits per heavy atom. The van der Waals surface area contributed by atoms with Gasteiger partial charge >= 0.3 is 5.97 Å². The number of benzene rings is 2. The fourth-order valence-corrected chi connectivity index (χ4v) is 3.56. The summed E-state index contributed by atoms with van der Waals surface area (Å²) in [6.45, 7) is 1.95. The molecule has 178 valence electrons. The molecule has 4 rings (SSSR count). The van der Waals surface area contributed by atoms with Crippen LogP contribution in [0.15, 0.2) is 66.9 Å². The number of aliphatic hydroxyl groups excluding tert-OH is 1. The molecule has 35 heavy (non-hydrogen) atoms. The van der Waals surface area contributed by atoms with Crippen LogP contribution < -0.4 is 4.74 Å². The van der Waals surface area contributed by atoms with E-state index >= 15 is 0 Å². The number of ether oxygens (including phenoxy) is 2. The topological polar surface area (TPSA) is 81.5 Å². The van der Waals surface area contributed by atoms with Crippen LogP contribution in [-0.2, 0) is 17.8 Å². The summed E-state index contributed by atoms with van der Waals surface area (Å²) in [5.74, 6) is 5.05. The number of carbonyl (C=O) groups is 1. The molecule has 0 amide bonds. The second kappa shape index (κ2) is 12.0. The first-order chi connectivity index (χ1) is 16.6. The number of aliphatic hydroxyl groups is 1. The van der Waals surface area contributed by atoms with Gasteiger partial charge in [-0.15, -0.1) is 0 Å². The van der Waals surface area contributed by atoms with Crippen LogP contribution in [0, 0.1) is 18.8 Å². The van der Waals surface area contributed by atoms with Crippen LogP contribution in [0.5, 0.6) is 5.75 Å². The minimum Gasteiger partial charge on any atom is -0.484 e. The SMILES string of the molecule is COC(=O)c1nc(C#CCO)c2cc(Cc3ccc(C)cc3)cnc2c1OCc1ccccc1.S. The molecule has 0 fully saturated rings. The van der Waals surface area contributed by atoms with Crippen molar-refractivity contribution in [2.24, 2.45) is 0 Å². The van der Waals surface area contributed by atoms with E-state index in [0.717, 1.165) is 16.7 Å². The Kier molecular flexibility index (Phi) is 8.85. The van der Waals surface area contributed by atoms with Crippen molar-refractivity contribution in [1.82, 2.24) is 9.97 Å². The highest BCUT2D eigenvalue weighted by atomic mass is 32.1. The summed E-state index contributed by atoms with van der Waals surface area (Å²) in [5.41, 5.74) is 5.02. The molecule has 0 saturated carbocycles. The largest absolute Gasteiger partial charge is 0.484 e. The van der Waals surface area contributed by atoms with Crippen molar-refractivity contribution in [2.45, 2.75) is 20.0 Å². The molecule has 6 nitrogen and oxygen atoms in total. The number of rotatable bonds is 6. The molecule has 0 spiro atoms. The molecule has 2 aromatic heterocycles. The van der Waals surface area contributed by atoms with Crippen LogP contribution in [0.25, 0.3) is 10.9 Å². The Morgan fingerprint density at radius 3 is 2.46 bits per heavy atom. The first kappa shape index (κ1) is 25.8. The van der Waals surface area contributed by atoms with Crippen molar-refractivity contribution < 1.29 is 19.4 Å². The Morgan fingerprint density at radius 2 is 1.77 bits per heavy atom. The van der Waals surface area contributed by atoms with E-state index in [1.165, 1.54) is 12.7 Å². The number of hydrogen-bond donors (Lipinski definition) is 1. The lowest BCUT2D eigenvalue weighted by molar-refractivity contribution is 0.0588. The van der Waals surface area contributed by atoms with Gasteiger partial charge in [0.25, 0.3) is 0 Å². The van der Waals surface area contributed by atoms with Crippen LogP contribution in [0.4, 0.5) is 0 Å². The first-order valence-corrected chi connectivity index (χ1v) is 10.8. The zero-order chi connectivity index (χ0) is 23.9. The molecular formula is C28H26N2O4S. The van der Waals surface area contributed by atoms with Gasteiger partial charge in [-0.25, -0.2) is 9.78 Å². The Labute approximate surface area is 211 Å². The quantitative estimate of drug-likeness (QED) is 0.322. The first-order valence-electron chi connectivity index (χ1n) is 10.8. The molecule has 2 heterocycles. The van der Waals surface area contributed by atoms with E-state index in [1.807, 2.05) is 36.4 Å². The van der Waals surface area contributed by atoms with Crippen LogP contribution in [0.2, 0.25) is 0 Å². The van der Waals surface area contributed by atoms with Crippen molar-refractivity contribution >= 4 is 30.4 Å². The van der Waals surface area contributed by atoms with Gasteiger partial charge in [-0.1, -0.05) is 66.1 Å². The van der Waals surface area contributed by atoms with Crippen molar-refractivity contribution in [3.05, 3.63) is 101 Å². The van der Waals surface area contributed by atoms with Gasteiger partial charge in [0.05, 0.1) is 7.11 Å². The van der Waals surface area contributed by atoms with E-state index in [0.29, 0.717) is 23.0 Å². The maximum Gasteiger partial charge on any atom is 0.360 e. The lowest BCUT2D eigenvalue weighted by atomic mass is 10.0. The molecular weight excluding hydrogens is 460 g/mol. The van der Waals surface area contributed by atoms with E-state index < -0.39 is 5.97 Å². The lowest BCUT2D eigenvalue weighted by Gasteiger charge is -2.14. The predicted molar refractivity (Wildman–Crippen MR) is 140 cm³/mol. The number of pyridine rings is 2. The number of methoxy groups -OCH3 is 1. The normalized spacial score (nSPS) is 10.1. The molecule has 0 saturated heterocycles. The standard InChI is InChI=1S/C28H24N2O4.H2S/c1-19-10-12-20(13-11-19)15-22-16-23-24(9-6-14-31)30-26(28(32)33-2)27(25(23)29-17-22)34-18-21-7-4-3-5-8-21;/h3-5,7-8,10-13,16-17,31H,14-15,18H2,1-2H3;1H2. The van der Waals surface area contributed by atoms with E-state index in [-0.39, 0.29) is 38.2 Å². The third-order valence-electron chi connectivity index (χ3n) is 5.27. The molecule has 0 radical (unpaired) electrons. The number of aryl methyl sites for hydroxylation is 1. The van der Waals surface area contributed by atoms with Crippen LogP contribution in [0.1, 0.15) is 38.4 Å². The average Bonchev–Trinajstić information content (AvgIpc) is 2.87. The van der Waals surface area contributed by atoms with Gasteiger partial charge in [-0.3, -0.25) is 4.98 Å². The number of esters is 1. The van der Waals surface area contributed by atoms with Gasteiger partial charge in [0.15, 0.2) is 11.4 Å². The van der Waals surface area contributed by atoms with E-state index in [9.17, 15) is 9.90 Å². The molecule has 4 aromatic rings. The second-order valence-corrected chi connectivity index (χ2v) is 7.77. The van der Waals surface area contributed by atoms with Crippen molar-refractivity contribution in [2.75, 3.05) is 13.7 Å². The minimum atomic E-state index is -0.650. The summed E-state index contributed by atoms with van der Waals surface area (Å²) in [4.78, 5) is 21.7. The van der Waals surface area contributed by atoms with Crippen LogP contribution in [0.3, 0.4) is 0 Å². The van der Waals surface area contributed by atoms with Gasteiger partial charge in [-0.05, 0) is 42.0 Å². The summed E-state index contributed by atoms with van der Waals surface area (Å²) in [6.07, 6.45) is 2.44. The number of hydrogen-bond acceptors (Lipinski definition) is 6. The number of fused-ring (bicyclic) bond motifs is 1. The molecule has 0 aliphatic rings. The Hall–Kier alpha value is -3.86. The van der Waals surface area contributed by atoms with Crippen LogP contribution in [-0.4, -0.2) is 34.8 Å². The fraction of sp³-hybridized carbons (Fsp3) is 0.179. The van der Waals surface area contributed by atoms with Crippen LogP contribution >= 0.6 is 13.5 Å². The van der Waals surface area contributed by atoms with E-state index in [4.69, 9.17) is 9.47 Å². The number of nitrogens with zero attached hydrogens (tertiary/aromatic N) is 2. The maximum absolute atomic E-state index is 12.6. The summed E-state index contributed by atoms with van der Waals surface area (Å²) in [6, 6.07) is 19.9. The molecule has 0 bridgehead atoms. The molecule has 7 heteroatoms. The highest BCUT2D eigenvalue weighted by molar-refractivity contribution is 7.59. The zero-order valence-corrected chi connectivity index (χ0v) is 20.5. The highest BCUT2D eigenvalue weighted by Crippen LogP contribution is 2.31. The Bertz CT molecular complexity index is 1380. The van der Waals surface area contributed by atoms with Gasteiger partial charge in [0.1, 0.15) is 24.4 Å². The van der Waals surface area contributed by atoms with Gasteiger partial charge in [0, 0.05) is 11.6 Å². The monoisotopic (exact) mass is 486 g/mol. The fourth-order valence-electron chi connectivity index (χ4n) is 3.56. The van der Waals surface area contributed by atoms with Crippen molar-refractivity contribution in [3.8, 4) is 17.6 Å². The molecule has 0 aliphatic carbocycles. The smallest absolute Gasteiger partial charge is 0.360 e. The zero-order valence-electron chi connectivity index (χ0n) is 19.5. The number of carbonyl (C=O) groups excluding carboxylic acids is 1. The average molecular weight is 487 g/mol. The molecule has 2 aromatic carbocycles. The minimum absolute atomic E-state index is 0. The Balaban J connectivity index is 0.00000342. The van der Waals surface area contributed by atoms with E-state index in [1.54, 1.807) is 6.20 Å². The summed E-state index contributed by atoms with van der Waals surface area (Å²) >= 11 is 0. The lowest BCUT2D eigenvalue weighted by Crippen LogP contribution is -2.11. The molecule has 1 N–H and O–H groups in total. The maximum atomic E-state index is 12.6. The predicted octanol–water partition coefficient (Wildman–Crippen LogP) is 4.35. The third-order valence-corrected chi connectivity index (χ3v) is 5.27. The van der Waals surface area contributed by atoms with Crippen molar-refractivity contribution in [3.63, 3.8) is 0 Å². The van der Waals surface area contributed by atoms with Gasteiger partial charge in [-0.2, -0.15) is 13.5 Å². The molecule has 0 aliphatic heterocycles. The third kappa shape index (κ3) is 6.18. The van der Waals surface area contributed by atoms with Gasteiger partial charge < -0.3 is 14.6 Å².